The van der Waals surface area contributed by atoms with Gasteiger partial charge >= 0.3 is 0 Å². The Hall–Kier alpha value is -3.24. The zero-order valence-corrected chi connectivity index (χ0v) is 20.3. The molecule has 1 aliphatic rings. The predicted molar refractivity (Wildman–Crippen MR) is 137 cm³/mol. The third kappa shape index (κ3) is 3.57. The molecule has 0 spiro atoms. The standard InChI is InChI=1S/C24H23N7OS2/c1-14-6-8-15(9-7-14)31-23(32)18-16-4-2-5-17(16)34-22(18)29-24(31)33-11-3-10-30-13-28-19-20(25)26-12-27-21(19)30/h6-9,12-13H,2-5,10-11H2,1H3,(H2,25,26,27). The molecular formula is C24H23N7OS2. The number of aryl methyl sites for hydroxylation is 4. The highest BCUT2D eigenvalue weighted by atomic mass is 32.2. The van der Waals surface area contributed by atoms with E-state index in [1.807, 2.05) is 35.8 Å². The number of thioether (sulfide) groups is 1. The second-order valence-corrected chi connectivity index (χ2v) is 10.6. The first-order valence-corrected chi connectivity index (χ1v) is 13.1. The first-order chi connectivity index (χ1) is 16.6. The number of imidazole rings is 1. The summed E-state index contributed by atoms with van der Waals surface area (Å²) in [4.78, 5) is 33.6. The molecule has 0 radical (unpaired) electrons. The van der Waals surface area contributed by atoms with Gasteiger partial charge in [0.25, 0.3) is 5.56 Å². The number of thiophene rings is 1. The molecule has 0 saturated carbocycles. The molecule has 5 aromatic rings. The summed E-state index contributed by atoms with van der Waals surface area (Å²) >= 11 is 3.30. The first kappa shape index (κ1) is 21.3. The van der Waals surface area contributed by atoms with Gasteiger partial charge in [0.1, 0.15) is 16.7 Å². The zero-order chi connectivity index (χ0) is 23.2. The Morgan fingerprint density at radius 3 is 2.85 bits per heavy atom. The summed E-state index contributed by atoms with van der Waals surface area (Å²) in [5.74, 6) is 1.19. The highest BCUT2D eigenvalue weighted by Crippen LogP contribution is 2.36. The molecule has 4 aromatic heterocycles. The summed E-state index contributed by atoms with van der Waals surface area (Å²) in [7, 11) is 0. The van der Waals surface area contributed by atoms with Crippen molar-refractivity contribution in [3.8, 4) is 5.69 Å². The van der Waals surface area contributed by atoms with Crippen molar-refractivity contribution in [2.45, 2.75) is 44.3 Å². The monoisotopic (exact) mass is 489 g/mol. The van der Waals surface area contributed by atoms with Crippen LogP contribution in [0.1, 0.15) is 28.8 Å². The number of rotatable bonds is 6. The van der Waals surface area contributed by atoms with Gasteiger partial charge in [0.05, 0.1) is 17.4 Å². The highest BCUT2D eigenvalue weighted by molar-refractivity contribution is 7.99. The molecule has 2 N–H and O–H groups in total. The minimum atomic E-state index is 0.0449. The maximum absolute atomic E-state index is 13.7. The van der Waals surface area contributed by atoms with Crippen molar-refractivity contribution in [3.63, 3.8) is 0 Å². The molecule has 1 aromatic carbocycles. The van der Waals surface area contributed by atoms with Gasteiger partial charge in [-0.25, -0.2) is 19.9 Å². The van der Waals surface area contributed by atoms with Gasteiger partial charge < -0.3 is 10.3 Å². The van der Waals surface area contributed by atoms with E-state index < -0.39 is 0 Å². The molecule has 8 nitrogen and oxygen atoms in total. The van der Waals surface area contributed by atoms with Crippen molar-refractivity contribution in [2.75, 3.05) is 11.5 Å². The van der Waals surface area contributed by atoms with E-state index in [9.17, 15) is 4.79 Å². The predicted octanol–water partition coefficient (Wildman–Crippen LogP) is 4.15. The van der Waals surface area contributed by atoms with Crippen molar-refractivity contribution >= 4 is 50.3 Å². The molecule has 1 aliphatic carbocycles. The molecule has 0 aliphatic heterocycles. The second-order valence-electron chi connectivity index (χ2n) is 8.48. The highest BCUT2D eigenvalue weighted by Gasteiger charge is 2.24. The lowest BCUT2D eigenvalue weighted by Gasteiger charge is -2.13. The smallest absolute Gasteiger partial charge is 0.267 e. The lowest BCUT2D eigenvalue weighted by molar-refractivity contribution is 0.695. The summed E-state index contributed by atoms with van der Waals surface area (Å²) in [6, 6.07) is 8.08. The van der Waals surface area contributed by atoms with Crippen LogP contribution >= 0.6 is 23.1 Å². The van der Waals surface area contributed by atoms with Gasteiger partial charge in [0.2, 0.25) is 0 Å². The lowest BCUT2D eigenvalue weighted by Crippen LogP contribution is -2.22. The molecule has 0 fully saturated rings. The molecule has 34 heavy (non-hydrogen) atoms. The normalized spacial score (nSPS) is 13.2. The van der Waals surface area contributed by atoms with Gasteiger partial charge in [-0.1, -0.05) is 29.5 Å². The number of anilines is 1. The number of fused-ring (bicyclic) bond motifs is 4. The van der Waals surface area contributed by atoms with Crippen LogP contribution in [-0.2, 0) is 19.4 Å². The van der Waals surface area contributed by atoms with Gasteiger partial charge in [-0.15, -0.1) is 11.3 Å². The number of nitrogen functional groups attached to an aromatic ring is 1. The Labute approximate surface area is 203 Å². The van der Waals surface area contributed by atoms with Crippen molar-refractivity contribution < 1.29 is 0 Å². The summed E-state index contributed by atoms with van der Waals surface area (Å²) in [6.45, 7) is 2.79. The van der Waals surface area contributed by atoms with E-state index in [0.717, 1.165) is 70.3 Å². The SMILES string of the molecule is Cc1ccc(-n2c(SCCCn3cnc4c(N)ncnc43)nc3sc4c(c3c2=O)CCC4)cc1. The average Bonchev–Trinajstić information content (AvgIpc) is 3.53. The van der Waals surface area contributed by atoms with Gasteiger partial charge in [-0.3, -0.25) is 9.36 Å². The Morgan fingerprint density at radius 1 is 1.15 bits per heavy atom. The topological polar surface area (TPSA) is 105 Å². The zero-order valence-electron chi connectivity index (χ0n) is 18.7. The molecule has 0 bridgehead atoms. The number of hydrogen-bond acceptors (Lipinski definition) is 8. The summed E-state index contributed by atoms with van der Waals surface area (Å²) in [5, 5.41) is 1.55. The number of aromatic nitrogens is 6. The number of nitrogens with two attached hydrogens (primary N) is 1. The van der Waals surface area contributed by atoms with E-state index >= 15 is 0 Å². The maximum atomic E-state index is 13.7. The quantitative estimate of drug-likeness (QED) is 0.217. The van der Waals surface area contributed by atoms with Crippen molar-refractivity contribution in [2.24, 2.45) is 0 Å². The average molecular weight is 490 g/mol. The van der Waals surface area contributed by atoms with Gasteiger partial charge in [-0.2, -0.15) is 0 Å². The van der Waals surface area contributed by atoms with Crippen LogP contribution in [0, 0.1) is 6.92 Å². The Kier molecular flexibility index (Phi) is 5.34. The molecule has 0 saturated heterocycles. The lowest BCUT2D eigenvalue weighted by atomic mass is 10.2. The molecule has 0 amide bonds. The van der Waals surface area contributed by atoms with E-state index in [0.29, 0.717) is 11.3 Å². The summed E-state index contributed by atoms with van der Waals surface area (Å²) in [5.41, 5.74) is 10.5. The summed E-state index contributed by atoms with van der Waals surface area (Å²) in [6.07, 6.45) is 7.22. The fraction of sp³-hybridized carbons (Fsp3) is 0.292. The van der Waals surface area contributed by atoms with Crippen LogP contribution in [-0.4, -0.2) is 34.8 Å². The molecule has 10 heteroatoms. The van der Waals surface area contributed by atoms with E-state index in [4.69, 9.17) is 10.7 Å². The van der Waals surface area contributed by atoms with E-state index in [-0.39, 0.29) is 5.56 Å². The molecular weight excluding hydrogens is 466 g/mol. The molecule has 0 unspecified atom stereocenters. The van der Waals surface area contributed by atoms with Crippen LogP contribution < -0.4 is 11.3 Å². The summed E-state index contributed by atoms with van der Waals surface area (Å²) < 4.78 is 3.78. The maximum Gasteiger partial charge on any atom is 0.267 e. The Balaban J connectivity index is 1.31. The first-order valence-electron chi connectivity index (χ1n) is 11.3. The minimum absolute atomic E-state index is 0.0449. The Morgan fingerprint density at radius 2 is 2.00 bits per heavy atom. The van der Waals surface area contributed by atoms with E-state index in [1.165, 1.54) is 16.8 Å². The molecule has 4 heterocycles. The molecule has 0 atom stereocenters. The van der Waals surface area contributed by atoms with E-state index in [2.05, 4.69) is 15.0 Å². The van der Waals surface area contributed by atoms with Crippen LogP contribution in [0.2, 0.25) is 0 Å². The van der Waals surface area contributed by atoms with Crippen LogP contribution in [0.15, 0.2) is 46.9 Å². The van der Waals surface area contributed by atoms with Gasteiger partial charge in [0, 0.05) is 17.2 Å². The number of benzene rings is 1. The van der Waals surface area contributed by atoms with Crippen LogP contribution in [0.4, 0.5) is 5.82 Å². The third-order valence-electron chi connectivity index (χ3n) is 6.20. The van der Waals surface area contributed by atoms with Crippen LogP contribution in [0.25, 0.3) is 27.1 Å². The van der Waals surface area contributed by atoms with Crippen molar-refractivity contribution in [3.05, 3.63) is 63.3 Å². The third-order valence-corrected chi connectivity index (χ3v) is 8.41. The second kappa shape index (κ2) is 8.52. The number of hydrogen-bond donors (Lipinski definition) is 1. The van der Waals surface area contributed by atoms with Crippen LogP contribution in [0.5, 0.6) is 0 Å². The fourth-order valence-corrected chi connectivity index (χ4v) is 6.74. The van der Waals surface area contributed by atoms with Crippen LogP contribution in [0.3, 0.4) is 0 Å². The minimum Gasteiger partial charge on any atom is -0.382 e. The van der Waals surface area contributed by atoms with Gasteiger partial charge in [0.15, 0.2) is 16.6 Å². The Bertz CT molecular complexity index is 1580. The fourth-order valence-electron chi connectivity index (χ4n) is 4.50. The van der Waals surface area contributed by atoms with Gasteiger partial charge in [-0.05, 0) is 50.3 Å². The molecule has 6 rings (SSSR count). The van der Waals surface area contributed by atoms with Crippen molar-refractivity contribution in [1.29, 1.82) is 0 Å². The van der Waals surface area contributed by atoms with E-state index in [1.54, 1.807) is 34.0 Å². The molecule has 172 valence electrons. The van der Waals surface area contributed by atoms with Crippen molar-refractivity contribution in [1.82, 2.24) is 29.1 Å². The number of nitrogens with zero attached hydrogens (tertiary/aromatic N) is 6. The largest absolute Gasteiger partial charge is 0.382 e.